The second-order valence-corrected chi connectivity index (χ2v) is 7.78. The Bertz CT molecular complexity index is 705. The van der Waals surface area contributed by atoms with Crippen molar-refractivity contribution in [3.63, 3.8) is 0 Å². The zero-order valence-corrected chi connectivity index (χ0v) is 20.6. The summed E-state index contributed by atoms with van der Waals surface area (Å²) in [6.07, 6.45) is 3.02. The second kappa shape index (κ2) is 10.7. The highest BCUT2D eigenvalue weighted by molar-refractivity contribution is 14.0. The number of rotatable bonds is 5. The van der Waals surface area contributed by atoms with E-state index in [1.165, 1.54) is 11.1 Å². The van der Waals surface area contributed by atoms with Crippen LogP contribution in [0.5, 0.6) is 11.5 Å². The average Bonchev–Trinajstić information content (AvgIpc) is 2.73. The van der Waals surface area contributed by atoms with Crippen LogP contribution in [0.15, 0.2) is 17.1 Å². The molecule has 164 valence electrons. The summed E-state index contributed by atoms with van der Waals surface area (Å²) in [6, 6.07) is 4.19. The first-order valence-corrected chi connectivity index (χ1v) is 9.97. The molecule has 29 heavy (non-hydrogen) atoms. The third-order valence-corrected chi connectivity index (χ3v) is 6.18. The van der Waals surface area contributed by atoms with Gasteiger partial charge in [0.15, 0.2) is 17.5 Å². The lowest BCUT2D eigenvalue weighted by Crippen LogP contribution is -2.57. The van der Waals surface area contributed by atoms with E-state index in [0.717, 1.165) is 69.6 Å². The highest BCUT2D eigenvalue weighted by Gasteiger charge is 2.35. The minimum Gasteiger partial charge on any atom is -0.493 e. The van der Waals surface area contributed by atoms with Gasteiger partial charge in [-0.2, -0.15) is 0 Å². The lowest BCUT2D eigenvalue weighted by molar-refractivity contribution is -0.00528. The minimum atomic E-state index is 0. The second-order valence-electron chi connectivity index (χ2n) is 7.78. The van der Waals surface area contributed by atoms with E-state index in [9.17, 15) is 0 Å². The summed E-state index contributed by atoms with van der Waals surface area (Å²) < 4.78 is 16.5. The third-order valence-electron chi connectivity index (χ3n) is 6.18. The van der Waals surface area contributed by atoms with Gasteiger partial charge < -0.3 is 29.3 Å². The Morgan fingerprint density at radius 2 is 1.79 bits per heavy atom. The maximum atomic E-state index is 5.59. The lowest BCUT2D eigenvalue weighted by atomic mass is 9.88. The number of hydrogen-bond donors (Lipinski definition) is 1. The standard InChI is InChI=1S/C21H34N4O3.HI/c1-22-20(23-15-21(24(2)3)7-10-28-11-8-21)25-9-6-16-12-18(26-4)19(27-5)13-17(16)14-25;/h12-13H,6-11,14-15H2,1-5H3,(H,22,23);1H. The first-order valence-electron chi connectivity index (χ1n) is 9.97. The summed E-state index contributed by atoms with van der Waals surface area (Å²) in [5, 5.41) is 3.64. The van der Waals surface area contributed by atoms with Gasteiger partial charge in [-0.15, -0.1) is 24.0 Å². The number of ether oxygens (including phenoxy) is 3. The molecule has 2 aliphatic heterocycles. The lowest BCUT2D eigenvalue weighted by Gasteiger charge is -2.44. The van der Waals surface area contributed by atoms with Crippen molar-refractivity contribution in [2.45, 2.75) is 31.3 Å². The highest BCUT2D eigenvalue weighted by Crippen LogP contribution is 2.33. The average molecular weight is 518 g/mol. The molecule has 1 N–H and O–H groups in total. The number of guanidine groups is 1. The molecule has 1 aromatic carbocycles. The maximum Gasteiger partial charge on any atom is 0.194 e. The number of aliphatic imine (C=N–C) groups is 1. The van der Waals surface area contributed by atoms with E-state index in [0.29, 0.717) is 0 Å². The van der Waals surface area contributed by atoms with Gasteiger partial charge in [0.2, 0.25) is 0 Å². The van der Waals surface area contributed by atoms with Crippen molar-refractivity contribution >= 4 is 29.9 Å². The number of methoxy groups -OCH3 is 2. The molecule has 8 heteroatoms. The Kier molecular flexibility index (Phi) is 8.84. The fraction of sp³-hybridized carbons (Fsp3) is 0.667. The van der Waals surface area contributed by atoms with E-state index >= 15 is 0 Å². The predicted molar refractivity (Wildman–Crippen MR) is 127 cm³/mol. The molecule has 0 aliphatic carbocycles. The molecule has 7 nitrogen and oxygen atoms in total. The molecule has 3 rings (SSSR count). The van der Waals surface area contributed by atoms with Gasteiger partial charge in [-0.05, 0) is 56.6 Å². The molecular weight excluding hydrogens is 483 g/mol. The van der Waals surface area contributed by atoms with E-state index in [1.54, 1.807) is 14.2 Å². The summed E-state index contributed by atoms with van der Waals surface area (Å²) in [5.74, 6) is 2.53. The number of benzene rings is 1. The van der Waals surface area contributed by atoms with Crippen LogP contribution in [0, 0.1) is 0 Å². The molecule has 0 radical (unpaired) electrons. The molecule has 0 bridgehead atoms. The van der Waals surface area contributed by atoms with E-state index in [1.807, 2.05) is 7.05 Å². The van der Waals surface area contributed by atoms with Crippen molar-refractivity contribution in [2.24, 2.45) is 4.99 Å². The SMILES string of the molecule is CN=C(NCC1(N(C)C)CCOCC1)N1CCc2cc(OC)c(OC)cc2C1.I. The van der Waals surface area contributed by atoms with E-state index in [2.05, 4.69) is 46.3 Å². The van der Waals surface area contributed by atoms with Crippen molar-refractivity contribution in [3.05, 3.63) is 23.3 Å². The van der Waals surface area contributed by atoms with Crippen LogP contribution in [0.4, 0.5) is 0 Å². The zero-order chi connectivity index (χ0) is 20.1. The monoisotopic (exact) mass is 518 g/mol. The van der Waals surface area contributed by atoms with Crippen LogP contribution in [-0.2, 0) is 17.7 Å². The number of likely N-dealkylation sites (N-methyl/N-ethyl adjacent to an activating group) is 1. The van der Waals surface area contributed by atoms with Gasteiger partial charge in [-0.25, -0.2) is 0 Å². The molecular formula is C21H35IN4O3. The van der Waals surface area contributed by atoms with Gasteiger partial charge in [0, 0.05) is 45.4 Å². The Morgan fingerprint density at radius 1 is 1.17 bits per heavy atom. The molecule has 0 aromatic heterocycles. The minimum absolute atomic E-state index is 0. The molecule has 0 atom stereocenters. The largest absolute Gasteiger partial charge is 0.493 e. The van der Waals surface area contributed by atoms with Gasteiger partial charge in [-0.3, -0.25) is 4.99 Å². The number of nitrogens with one attached hydrogen (secondary N) is 1. The summed E-state index contributed by atoms with van der Waals surface area (Å²) in [5.41, 5.74) is 2.69. The Hall–Kier alpha value is -1.26. The van der Waals surface area contributed by atoms with E-state index < -0.39 is 0 Å². The van der Waals surface area contributed by atoms with E-state index in [-0.39, 0.29) is 29.5 Å². The highest BCUT2D eigenvalue weighted by atomic mass is 127. The van der Waals surface area contributed by atoms with Crippen LogP contribution in [0.2, 0.25) is 0 Å². The molecule has 0 unspecified atom stereocenters. The van der Waals surface area contributed by atoms with Crippen molar-refractivity contribution < 1.29 is 14.2 Å². The van der Waals surface area contributed by atoms with Gasteiger partial charge in [0.1, 0.15) is 0 Å². The molecule has 1 fully saturated rings. The molecule has 0 amide bonds. The summed E-state index contributed by atoms with van der Waals surface area (Å²) in [4.78, 5) is 9.21. The fourth-order valence-electron chi connectivity index (χ4n) is 4.17. The number of fused-ring (bicyclic) bond motifs is 1. The van der Waals surface area contributed by atoms with Gasteiger partial charge >= 0.3 is 0 Å². The Balaban J connectivity index is 0.00000300. The summed E-state index contributed by atoms with van der Waals surface area (Å²) in [7, 11) is 9.54. The van der Waals surface area contributed by atoms with Gasteiger partial charge in [0.05, 0.1) is 14.2 Å². The normalized spacial score (nSPS) is 18.7. The molecule has 1 saturated heterocycles. The summed E-state index contributed by atoms with van der Waals surface area (Å²) >= 11 is 0. The molecule has 2 aliphatic rings. The van der Waals surface area contributed by atoms with E-state index in [4.69, 9.17) is 14.2 Å². The van der Waals surface area contributed by atoms with Crippen LogP contribution < -0.4 is 14.8 Å². The predicted octanol–water partition coefficient (Wildman–Crippen LogP) is 2.37. The van der Waals surface area contributed by atoms with Crippen LogP contribution in [0.1, 0.15) is 24.0 Å². The molecule has 1 aromatic rings. The first-order chi connectivity index (χ1) is 13.5. The zero-order valence-electron chi connectivity index (χ0n) is 18.3. The van der Waals surface area contributed by atoms with Crippen molar-refractivity contribution in [1.29, 1.82) is 0 Å². The van der Waals surface area contributed by atoms with Crippen LogP contribution in [0.25, 0.3) is 0 Å². The van der Waals surface area contributed by atoms with Crippen molar-refractivity contribution in [2.75, 3.05) is 61.7 Å². The number of halogens is 1. The summed E-state index contributed by atoms with van der Waals surface area (Å²) in [6.45, 7) is 4.24. The Labute approximate surface area is 191 Å². The van der Waals surface area contributed by atoms with Crippen LogP contribution >= 0.6 is 24.0 Å². The van der Waals surface area contributed by atoms with Crippen molar-refractivity contribution in [1.82, 2.24) is 15.1 Å². The van der Waals surface area contributed by atoms with Crippen LogP contribution in [0.3, 0.4) is 0 Å². The number of hydrogen-bond acceptors (Lipinski definition) is 5. The molecule has 2 heterocycles. The number of nitrogens with zero attached hydrogens (tertiary/aromatic N) is 3. The fourth-order valence-corrected chi connectivity index (χ4v) is 4.17. The Morgan fingerprint density at radius 3 is 2.34 bits per heavy atom. The quantitative estimate of drug-likeness (QED) is 0.367. The van der Waals surface area contributed by atoms with Gasteiger partial charge in [-0.1, -0.05) is 0 Å². The third kappa shape index (κ3) is 5.27. The maximum absolute atomic E-state index is 5.59. The molecule has 0 spiro atoms. The van der Waals surface area contributed by atoms with Crippen LogP contribution in [-0.4, -0.2) is 83.0 Å². The molecule has 0 saturated carbocycles. The first kappa shape index (κ1) is 24.0. The van der Waals surface area contributed by atoms with Crippen molar-refractivity contribution in [3.8, 4) is 11.5 Å². The van der Waals surface area contributed by atoms with Gasteiger partial charge in [0.25, 0.3) is 0 Å². The topological polar surface area (TPSA) is 58.6 Å². The smallest absolute Gasteiger partial charge is 0.194 e.